The van der Waals surface area contributed by atoms with Crippen molar-refractivity contribution < 1.29 is 9.90 Å². The molecule has 1 aromatic heterocycles. The minimum absolute atomic E-state index is 0.134. The van der Waals surface area contributed by atoms with Crippen molar-refractivity contribution in [2.24, 2.45) is 0 Å². The number of likely N-dealkylation sites (tertiary alicyclic amines) is 1. The molecule has 100 valence electrons. The van der Waals surface area contributed by atoms with Crippen molar-refractivity contribution in [2.75, 3.05) is 26.7 Å². The molecule has 0 aliphatic carbocycles. The Bertz CT molecular complexity index is 519. The van der Waals surface area contributed by atoms with Gasteiger partial charge in [0.25, 0.3) is 5.91 Å². The highest BCUT2D eigenvalue weighted by molar-refractivity contribution is 5.96. The van der Waals surface area contributed by atoms with E-state index in [2.05, 4.69) is 27.0 Å². The van der Waals surface area contributed by atoms with Crippen LogP contribution >= 0.6 is 0 Å². The standard InChI is InChI=1S/C14H17N3O2/c1-17-7-5-12(10-17)16-14(19)13-4-6-15-9-11(13)3-2-8-18/h4,6,9,12,18H,5,7-8,10H2,1H3,(H,16,19). The molecule has 1 aliphatic rings. The Hall–Kier alpha value is -1.90. The number of rotatable bonds is 2. The van der Waals surface area contributed by atoms with Crippen molar-refractivity contribution in [1.29, 1.82) is 0 Å². The molecule has 0 bridgehead atoms. The number of likely N-dealkylation sites (N-methyl/N-ethyl adjacent to an activating group) is 1. The predicted octanol–water partition coefficient (Wildman–Crippen LogP) is -0.141. The minimum atomic E-state index is -0.233. The number of aliphatic hydroxyl groups excluding tert-OH is 1. The molecule has 1 saturated heterocycles. The fraction of sp³-hybridized carbons (Fsp3) is 0.429. The summed E-state index contributed by atoms with van der Waals surface area (Å²) in [5.41, 5.74) is 1.05. The third-order valence-corrected chi connectivity index (χ3v) is 3.09. The molecular weight excluding hydrogens is 242 g/mol. The number of pyridine rings is 1. The second kappa shape index (κ2) is 6.32. The Kier molecular flexibility index (Phi) is 4.50. The predicted molar refractivity (Wildman–Crippen MR) is 71.6 cm³/mol. The molecule has 1 unspecified atom stereocenters. The summed E-state index contributed by atoms with van der Waals surface area (Å²) in [5, 5.41) is 11.7. The van der Waals surface area contributed by atoms with E-state index in [0.29, 0.717) is 11.1 Å². The summed E-state index contributed by atoms with van der Waals surface area (Å²) in [6.45, 7) is 1.64. The molecule has 0 spiro atoms. The number of hydrogen-bond donors (Lipinski definition) is 2. The monoisotopic (exact) mass is 259 g/mol. The Morgan fingerprint density at radius 3 is 3.21 bits per heavy atom. The van der Waals surface area contributed by atoms with E-state index in [0.717, 1.165) is 19.5 Å². The van der Waals surface area contributed by atoms with Crippen LogP contribution in [0.4, 0.5) is 0 Å². The van der Waals surface area contributed by atoms with E-state index in [-0.39, 0.29) is 18.6 Å². The molecule has 0 aromatic carbocycles. The highest BCUT2D eigenvalue weighted by Crippen LogP contribution is 2.10. The van der Waals surface area contributed by atoms with Gasteiger partial charge in [-0.1, -0.05) is 11.8 Å². The zero-order valence-electron chi connectivity index (χ0n) is 10.9. The summed E-state index contributed by atoms with van der Waals surface area (Å²) < 4.78 is 0. The lowest BCUT2D eigenvalue weighted by Gasteiger charge is -2.13. The Morgan fingerprint density at radius 2 is 2.53 bits per heavy atom. The van der Waals surface area contributed by atoms with Gasteiger partial charge in [-0.3, -0.25) is 9.78 Å². The van der Waals surface area contributed by atoms with E-state index in [4.69, 9.17) is 5.11 Å². The van der Waals surface area contributed by atoms with Crippen LogP contribution < -0.4 is 5.32 Å². The quantitative estimate of drug-likeness (QED) is 0.726. The van der Waals surface area contributed by atoms with Crippen molar-refractivity contribution in [2.45, 2.75) is 12.5 Å². The largest absolute Gasteiger partial charge is 0.384 e. The van der Waals surface area contributed by atoms with Gasteiger partial charge in [0.1, 0.15) is 6.61 Å². The average Bonchev–Trinajstić information content (AvgIpc) is 2.82. The molecule has 0 radical (unpaired) electrons. The van der Waals surface area contributed by atoms with E-state index >= 15 is 0 Å². The summed E-state index contributed by atoms with van der Waals surface area (Å²) >= 11 is 0. The Balaban J connectivity index is 2.10. The first kappa shape index (κ1) is 13.5. The maximum absolute atomic E-state index is 12.2. The van der Waals surface area contributed by atoms with Crippen molar-refractivity contribution in [3.05, 3.63) is 29.6 Å². The molecule has 2 rings (SSSR count). The number of carbonyl (C=O) groups excluding carboxylic acids is 1. The topological polar surface area (TPSA) is 65.5 Å². The van der Waals surface area contributed by atoms with E-state index in [1.54, 1.807) is 18.5 Å². The number of amides is 1. The number of aliphatic hydroxyl groups is 1. The summed E-state index contributed by atoms with van der Waals surface area (Å²) in [7, 11) is 2.04. The lowest BCUT2D eigenvalue weighted by atomic mass is 10.1. The van der Waals surface area contributed by atoms with Gasteiger partial charge in [0.05, 0.1) is 11.1 Å². The number of carbonyl (C=O) groups is 1. The molecule has 5 nitrogen and oxygen atoms in total. The first-order chi connectivity index (χ1) is 9.20. The molecule has 19 heavy (non-hydrogen) atoms. The second-order valence-corrected chi connectivity index (χ2v) is 4.60. The summed E-state index contributed by atoms with van der Waals surface area (Å²) in [6.07, 6.45) is 4.07. The lowest BCUT2D eigenvalue weighted by molar-refractivity contribution is 0.0938. The number of nitrogens with one attached hydrogen (secondary N) is 1. The highest BCUT2D eigenvalue weighted by Gasteiger charge is 2.22. The SMILES string of the molecule is CN1CCC(NC(=O)c2ccncc2C#CCO)C1. The van der Waals surface area contributed by atoms with Crippen LogP contribution in [-0.2, 0) is 0 Å². The van der Waals surface area contributed by atoms with Crippen LogP contribution in [0, 0.1) is 11.8 Å². The lowest BCUT2D eigenvalue weighted by Crippen LogP contribution is -2.36. The summed E-state index contributed by atoms with van der Waals surface area (Å²) in [6, 6.07) is 1.83. The van der Waals surface area contributed by atoms with Crippen LogP contribution in [-0.4, -0.2) is 53.7 Å². The van der Waals surface area contributed by atoms with Gasteiger partial charge in [-0.2, -0.15) is 0 Å². The van der Waals surface area contributed by atoms with Crippen LogP contribution in [0.15, 0.2) is 18.5 Å². The summed E-state index contributed by atoms with van der Waals surface area (Å²) in [5.74, 6) is 5.15. The molecule has 1 atom stereocenters. The fourth-order valence-corrected chi connectivity index (χ4v) is 2.14. The number of nitrogens with zero attached hydrogens (tertiary/aromatic N) is 2. The molecule has 5 heteroatoms. The molecule has 1 fully saturated rings. The maximum Gasteiger partial charge on any atom is 0.252 e. The van der Waals surface area contributed by atoms with Gasteiger partial charge >= 0.3 is 0 Å². The van der Waals surface area contributed by atoms with Crippen molar-refractivity contribution >= 4 is 5.91 Å². The molecule has 2 heterocycles. The van der Waals surface area contributed by atoms with Crippen LogP contribution in [0.1, 0.15) is 22.3 Å². The fourth-order valence-electron chi connectivity index (χ4n) is 2.14. The molecule has 1 amide bonds. The minimum Gasteiger partial charge on any atom is -0.384 e. The zero-order chi connectivity index (χ0) is 13.7. The Labute approximate surface area is 112 Å². The van der Waals surface area contributed by atoms with Gasteiger partial charge in [0.2, 0.25) is 0 Å². The third kappa shape index (κ3) is 3.53. The van der Waals surface area contributed by atoms with Crippen LogP contribution in [0.25, 0.3) is 0 Å². The van der Waals surface area contributed by atoms with Crippen molar-refractivity contribution in [3.8, 4) is 11.8 Å². The van der Waals surface area contributed by atoms with Gasteiger partial charge in [0, 0.05) is 25.0 Å². The van der Waals surface area contributed by atoms with E-state index in [1.165, 1.54) is 0 Å². The normalized spacial score (nSPS) is 18.7. The van der Waals surface area contributed by atoms with Crippen LogP contribution in [0.3, 0.4) is 0 Å². The van der Waals surface area contributed by atoms with Gasteiger partial charge in [-0.05, 0) is 26.1 Å². The second-order valence-electron chi connectivity index (χ2n) is 4.60. The van der Waals surface area contributed by atoms with Crippen molar-refractivity contribution in [1.82, 2.24) is 15.2 Å². The van der Waals surface area contributed by atoms with Gasteiger partial charge in [-0.25, -0.2) is 0 Å². The van der Waals surface area contributed by atoms with Crippen LogP contribution in [0.2, 0.25) is 0 Å². The highest BCUT2D eigenvalue weighted by atomic mass is 16.2. The smallest absolute Gasteiger partial charge is 0.252 e. The van der Waals surface area contributed by atoms with Crippen molar-refractivity contribution in [3.63, 3.8) is 0 Å². The first-order valence-corrected chi connectivity index (χ1v) is 6.24. The molecular formula is C14H17N3O2. The van der Waals surface area contributed by atoms with E-state index in [1.807, 2.05) is 7.05 Å². The van der Waals surface area contributed by atoms with Crippen LogP contribution in [0.5, 0.6) is 0 Å². The van der Waals surface area contributed by atoms with E-state index < -0.39 is 0 Å². The van der Waals surface area contributed by atoms with Gasteiger partial charge in [0.15, 0.2) is 0 Å². The average molecular weight is 259 g/mol. The molecule has 0 saturated carbocycles. The van der Waals surface area contributed by atoms with Gasteiger partial charge in [-0.15, -0.1) is 0 Å². The third-order valence-electron chi connectivity index (χ3n) is 3.09. The molecule has 1 aliphatic heterocycles. The first-order valence-electron chi connectivity index (χ1n) is 6.24. The number of hydrogen-bond acceptors (Lipinski definition) is 4. The molecule has 1 aromatic rings. The summed E-state index contributed by atoms with van der Waals surface area (Å²) in [4.78, 5) is 18.3. The maximum atomic E-state index is 12.2. The van der Waals surface area contributed by atoms with E-state index in [9.17, 15) is 4.79 Å². The number of aromatic nitrogens is 1. The van der Waals surface area contributed by atoms with Gasteiger partial charge < -0.3 is 15.3 Å². The Morgan fingerprint density at radius 1 is 1.68 bits per heavy atom. The molecule has 2 N–H and O–H groups in total. The zero-order valence-corrected chi connectivity index (χ0v) is 10.9.